The van der Waals surface area contributed by atoms with Crippen molar-refractivity contribution in [2.45, 2.75) is 33.5 Å². The van der Waals surface area contributed by atoms with Crippen molar-refractivity contribution in [2.24, 2.45) is 4.99 Å². The number of benzene rings is 2. The molecule has 0 saturated carbocycles. The van der Waals surface area contributed by atoms with Crippen LogP contribution in [0.1, 0.15) is 29.2 Å². The molecule has 3 N–H and O–H groups in total. The third kappa shape index (κ3) is 6.49. The summed E-state index contributed by atoms with van der Waals surface area (Å²) in [6.45, 7) is 6.26. The van der Waals surface area contributed by atoms with E-state index in [1.807, 2.05) is 31.2 Å². The van der Waals surface area contributed by atoms with Crippen LogP contribution in [0.15, 0.2) is 53.5 Å². The van der Waals surface area contributed by atoms with E-state index in [0.29, 0.717) is 13.1 Å². The number of aliphatic hydroxyl groups excluding tert-OH is 1. The van der Waals surface area contributed by atoms with E-state index >= 15 is 0 Å². The van der Waals surface area contributed by atoms with Gasteiger partial charge in [-0.3, -0.25) is 0 Å². The Labute approximate surface area is 161 Å². The van der Waals surface area contributed by atoms with Gasteiger partial charge in [-0.15, -0.1) is 24.0 Å². The highest BCUT2D eigenvalue weighted by molar-refractivity contribution is 14.0. The molecule has 5 heteroatoms. The van der Waals surface area contributed by atoms with Crippen molar-refractivity contribution >= 4 is 29.9 Å². The molecule has 0 saturated heterocycles. The molecule has 0 aliphatic heterocycles. The third-order valence-electron chi connectivity index (χ3n) is 3.58. The molecule has 0 atom stereocenters. The van der Waals surface area contributed by atoms with E-state index in [4.69, 9.17) is 0 Å². The number of hydrogen-bond donors (Lipinski definition) is 3. The lowest BCUT2D eigenvalue weighted by atomic mass is 10.1. The quantitative estimate of drug-likeness (QED) is 0.368. The number of aryl methyl sites for hydroxylation is 1. The summed E-state index contributed by atoms with van der Waals surface area (Å²) >= 11 is 0. The summed E-state index contributed by atoms with van der Waals surface area (Å²) < 4.78 is 0. The molecule has 130 valence electrons. The van der Waals surface area contributed by atoms with E-state index in [-0.39, 0.29) is 30.6 Å². The highest BCUT2D eigenvalue weighted by Gasteiger charge is 2.02. The highest BCUT2D eigenvalue weighted by Crippen LogP contribution is 2.08. The lowest BCUT2D eigenvalue weighted by molar-refractivity contribution is 0.280. The fourth-order valence-corrected chi connectivity index (χ4v) is 2.39. The zero-order valence-electron chi connectivity index (χ0n) is 14.2. The molecule has 0 bridgehead atoms. The Kier molecular flexibility index (Phi) is 9.41. The van der Waals surface area contributed by atoms with Crippen LogP contribution >= 0.6 is 24.0 Å². The first-order valence-electron chi connectivity index (χ1n) is 7.98. The Balaban J connectivity index is 0.00000288. The van der Waals surface area contributed by atoms with Crippen LogP contribution in [-0.2, 0) is 19.7 Å². The zero-order chi connectivity index (χ0) is 16.5. The van der Waals surface area contributed by atoms with E-state index < -0.39 is 0 Å². The smallest absolute Gasteiger partial charge is 0.191 e. The monoisotopic (exact) mass is 439 g/mol. The molecule has 4 nitrogen and oxygen atoms in total. The molecule has 0 aliphatic carbocycles. The molecular formula is C19H26IN3O. The highest BCUT2D eigenvalue weighted by atomic mass is 127. The number of nitrogens with zero attached hydrogens (tertiary/aromatic N) is 1. The maximum atomic E-state index is 9.39. The van der Waals surface area contributed by atoms with Gasteiger partial charge in [0.05, 0.1) is 13.2 Å². The Morgan fingerprint density at radius 2 is 1.79 bits per heavy atom. The minimum Gasteiger partial charge on any atom is -0.392 e. The van der Waals surface area contributed by atoms with E-state index in [1.54, 1.807) is 0 Å². The van der Waals surface area contributed by atoms with Crippen molar-refractivity contribution in [3.05, 3.63) is 70.8 Å². The molecule has 0 aliphatic rings. The Morgan fingerprint density at radius 1 is 1.04 bits per heavy atom. The maximum absolute atomic E-state index is 9.39. The molecule has 0 fully saturated rings. The van der Waals surface area contributed by atoms with Gasteiger partial charge in [-0.05, 0) is 30.5 Å². The van der Waals surface area contributed by atoms with Gasteiger partial charge in [-0.25, -0.2) is 4.99 Å². The van der Waals surface area contributed by atoms with Gasteiger partial charge in [-0.1, -0.05) is 54.1 Å². The minimum absolute atomic E-state index is 0. The van der Waals surface area contributed by atoms with E-state index in [0.717, 1.165) is 23.6 Å². The van der Waals surface area contributed by atoms with Crippen molar-refractivity contribution in [3.63, 3.8) is 0 Å². The largest absolute Gasteiger partial charge is 0.392 e. The number of aliphatic hydroxyl groups is 1. The summed E-state index contributed by atoms with van der Waals surface area (Å²) in [4.78, 5) is 4.63. The molecular weight excluding hydrogens is 413 g/mol. The van der Waals surface area contributed by atoms with Gasteiger partial charge in [0.15, 0.2) is 5.96 Å². The molecule has 0 radical (unpaired) electrons. The van der Waals surface area contributed by atoms with Crippen molar-refractivity contribution < 1.29 is 5.11 Å². The lowest BCUT2D eigenvalue weighted by Crippen LogP contribution is -2.37. The number of rotatable bonds is 6. The first-order valence-corrected chi connectivity index (χ1v) is 7.98. The molecule has 0 spiro atoms. The zero-order valence-corrected chi connectivity index (χ0v) is 16.6. The van der Waals surface area contributed by atoms with Crippen LogP contribution in [0.3, 0.4) is 0 Å². The summed E-state index contributed by atoms with van der Waals surface area (Å²) in [5, 5.41) is 16.0. The second kappa shape index (κ2) is 11.0. The Morgan fingerprint density at radius 3 is 2.46 bits per heavy atom. The van der Waals surface area contributed by atoms with E-state index in [1.165, 1.54) is 11.1 Å². The molecule has 0 heterocycles. The average molecular weight is 439 g/mol. The fraction of sp³-hybridized carbons (Fsp3) is 0.316. The molecule has 2 aromatic rings. The van der Waals surface area contributed by atoms with Gasteiger partial charge < -0.3 is 15.7 Å². The van der Waals surface area contributed by atoms with Gasteiger partial charge in [0.2, 0.25) is 0 Å². The van der Waals surface area contributed by atoms with E-state index in [9.17, 15) is 5.11 Å². The van der Waals surface area contributed by atoms with Crippen LogP contribution in [0.2, 0.25) is 0 Å². The summed E-state index contributed by atoms with van der Waals surface area (Å²) in [5.41, 5.74) is 4.45. The van der Waals surface area contributed by atoms with Crippen LogP contribution < -0.4 is 10.6 Å². The second-order valence-electron chi connectivity index (χ2n) is 5.46. The molecule has 2 aromatic carbocycles. The summed E-state index contributed by atoms with van der Waals surface area (Å²) in [7, 11) is 0. The number of guanidine groups is 1. The van der Waals surface area contributed by atoms with Crippen molar-refractivity contribution in [3.8, 4) is 0 Å². The molecule has 24 heavy (non-hydrogen) atoms. The van der Waals surface area contributed by atoms with Gasteiger partial charge >= 0.3 is 0 Å². The summed E-state index contributed by atoms with van der Waals surface area (Å²) in [5.74, 6) is 0.779. The summed E-state index contributed by atoms with van der Waals surface area (Å²) in [6.07, 6.45) is 0. The molecule has 0 amide bonds. The Bertz CT molecular complexity index is 659. The number of hydrogen-bond acceptors (Lipinski definition) is 2. The van der Waals surface area contributed by atoms with Crippen LogP contribution in [0.25, 0.3) is 0 Å². The fourth-order valence-electron chi connectivity index (χ4n) is 2.39. The lowest BCUT2D eigenvalue weighted by Gasteiger charge is -2.13. The van der Waals surface area contributed by atoms with Crippen molar-refractivity contribution in [1.29, 1.82) is 0 Å². The van der Waals surface area contributed by atoms with Crippen LogP contribution in [0.5, 0.6) is 0 Å². The predicted octanol–water partition coefficient (Wildman–Crippen LogP) is 3.36. The Hall–Kier alpha value is -1.60. The van der Waals surface area contributed by atoms with E-state index in [2.05, 4.69) is 46.8 Å². The standard InChI is InChI=1S/C19H25N3O.HI/c1-3-20-19(21-12-16-8-6-7-15(2)11-16)22-13-17-9-4-5-10-18(17)14-23;/h4-11,23H,3,12-14H2,1-2H3,(H2,20,21,22);1H. The van der Waals surface area contributed by atoms with Gasteiger partial charge in [0.25, 0.3) is 0 Å². The SMILES string of the molecule is CCNC(=NCc1cccc(C)c1)NCc1ccccc1CO.I. The van der Waals surface area contributed by atoms with Crippen LogP contribution in [0.4, 0.5) is 0 Å². The number of nitrogens with one attached hydrogen (secondary N) is 2. The topological polar surface area (TPSA) is 56.7 Å². The van der Waals surface area contributed by atoms with Crippen molar-refractivity contribution in [2.75, 3.05) is 6.54 Å². The number of halogens is 1. The average Bonchev–Trinajstić information content (AvgIpc) is 2.57. The molecule has 2 rings (SSSR count). The minimum atomic E-state index is 0. The van der Waals surface area contributed by atoms with Gasteiger partial charge in [0, 0.05) is 13.1 Å². The van der Waals surface area contributed by atoms with Gasteiger partial charge in [0.1, 0.15) is 0 Å². The first-order chi connectivity index (χ1) is 11.2. The third-order valence-corrected chi connectivity index (χ3v) is 3.58. The normalized spacial score (nSPS) is 10.9. The van der Waals surface area contributed by atoms with Crippen LogP contribution in [0, 0.1) is 6.92 Å². The first kappa shape index (κ1) is 20.4. The molecule has 0 aromatic heterocycles. The van der Waals surface area contributed by atoms with Crippen molar-refractivity contribution in [1.82, 2.24) is 10.6 Å². The predicted molar refractivity (Wildman–Crippen MR) is 111 cm³/mol. The second-order valence-corrected chi connectivity index (χ2v) is 5.46. The van der Waals surface area contributed by atoms with Gasteiger partial charge in [-0.2, -0.15) is 0 Å². The summed E-state index contributed by atoms with van der Waals surface area (Å²) in [6, 6.07) is 16.2. The molecule has 0 unspecified atom stereocenters. The number of aliphatic imine (C=N–C) groups is 1. The van der Waals surface area contributed by atoms with Crippen LogP contribution in [-0.4, -0.2) is 17.6 Å². The maximum Gasteiger partial charge on any atom is 0.191 e.